The number of hydrogen-bond donors (Lipinski definition) is 2. The summed E-state index contributed by atoms with van der Waals surface area (Å²) in [5.74, 6) is 3.85. The van der Waals surface area contributed by atoms with Crippen LogP contribution in [0.15, 0.2) is 18.2 Å². The topological polar surface area (TPSA) is 58.6 Å². The number of aliphatic hydroxyl groups excluding tert-OH is 1. The smallest absolute Gasteiger partial charge is 0.251 e. The molecule has 1 unspecified atom stereocenters. The lowest BCUT2D eigenvalue weighted by molar-refractivity contribution is 0.0905. The second-order valence-corrected chi connectivity index (χ2v) is 3.98. The number of benzene rings is 1. The number of aliphatic hydroxyl groups is 1. The highest BCUT2D eigenvalue weighted by molar-refractivity contribution is 5.94. The maximum atomic E-state index is 13.6. The summed E-state index contributed by atoms with van der Waals surface area (Å²) in [4.78, 5) is 11.8. The lowest BCUT2D eigenvalue weighted by Crippen LogP contribution is -2.35. The van der Waals surface area contributed by atoms with E-state index in [2.05, 4.69) is 17.2 Å². The van der Waals surface area contributed by atoms with E-state index in [4.69, 9.17) is 9.84 Å². The van der Waals surface area contributed by atoms with Crippen molar-refractivity contribution < 1.29 is 19.0 Å². The Morgan fingerprint density at radius 1 is 1.58 bits per heavy atom. The largest absolute Gasteiger partial charge is 0.384 e. The molecule has 0 saturated carbocycles. The molecule has 0 heterocycles. The van der Waals surface area contributed by atoms with Gasteiger partial charge in [-0.2, -0.15) is 0 Å². The molecular weight excluding hydrogens is 249 g/mol. The monoisotopic (exact) mass is 265 g/mol. The predicted octanol–water partition coefficient (Wildman–Crippen LogP) is 0.934. The number of nitrogens with one attached hydrogen (secondary N) is 1. The fourth-order valence-electron chi connectivity index (χ4n) is 1.49. The summed E-state index contributed by atoms with van der Waals surface area (Å²) in [6.07, 6.45) is 0. The van der Waals surface area contributed by atoms with Crippen LogP contribution in [0.2, 0.25) is 0 Å². The Bertz CT molecular complexity index is 505. The van der Waals surface area contributed by atoms with E-state index in [1.54, 1.807) is 6.92 Å². The van der Waals surface area contributed by atoms with Gasteiger partial charge in [-0.25, -0.2) is 4.39 Å². The van der Waals surface area contributed by atoms with Gasteiger partial charge in [0.15, 0.2) is 0 Å². The third kappa shape index (κ3) is 4.70. The Morgan fingerprint density at radius 2 is 2.32 bits per heavy atom. The van der Waals surface area contributed by atoms with Crippen molar-refractivity contribution in [3.05, 3.63) is 35.1 Å². The Labute approximate surface area is 111 Å². The van der Waals surface area contributed by atoms with E-state index in [1.807, 2.05) is 0 Å². The first-order chi connectivity index (χ1) is 9.08. The van der Waals surface area contributed by atoms with Crippen molar-refractivity contribution >= 4 is 5.91 Å². The van der Waals surface area contributed by atoms with Crippen molar-refractivity contribution in [2.24, 2.45) is 0 Å². The molecule has 2 N–H and O–H groups in total. The summed E-state index contributed by atoms with van der Waals surface area (Å²) in [5, 5.41) is 11.2. The number of hydrogen-bond acceptors (Lipinski definition) is 3. The summed E-state index contributed by atoms with van der Waals surface area (Å²) >= 11 is 0. The van der Waals surface area contributed by atoms with Gasteiger partial charge in [0.2, 0.25) is 0 Å². The number of methoxy groups -OCH3 is 1. The van der Waals surface area contributed by atoms with E-state index in [9.17, 15) is 9.18 Å². The third-order valence-electron chi connectivity index (χ3n) is 2.33. The summed E-state index contributed by atoms with van der Waals surface area (Å²) in [5.41, 5.74) is 0.366. The minimum absolute atomic E-state index is 0.149. The number of rotatable bonds is 4. The minimum atomic E-state index is -0.590. The van der Waals surface area contributed by atoms with Crippen molar-refractivity contribution in [3.63, 3.8) is 0 Å². The summed E-state index contributed by atoms with van der Waals surface area (Å²) in [6, 6.07) is 3.86. The van der Waals surface area contributed by atoms with Crippen LogP contribution < -0.4 is 5.32 Å². The molecule has 1 amide bonds. The molecule has 0 radical (unpaired) electrons. The molecule has 1 rings (SSSR count). The molecule has 0 fully saturated rings. The quantitative estimate of drug-likeness (QED) is 0.796. The Kier molecular flexibility index (Phi) is 6.00. The van der Waals surface area contributed by atoms with Crippen molar-refractivity contribution in [1.82, 2.24) is 5.32 Å². The van der Waals surface area contributed by atoms with Crippen LogP contribution in [0.4, 0.5) is 4.39 Å². The minimum Gasteiger partial charge on any atom is -0.384 e. The Hall–Kier alpha value is -1.90. The number of ether oxygens (including phenoxy) is 1. The molecular formula is C14H16FNO3. The van der Waals surface area contributed by atoms with Gasteiger partial charge in [-0.15, -0.1) is 0 Å². The molecule has 0 spiro atoms. The van der Waals surface area contributed by atoms with Crippen molar-refractivity contribution in [1.29, 1.82) is 0 Å². The normalized spacial score (nSPS) is 11.4. The van der Waals surface area contributed by atoms with Crippen LogP contribution in [0, 0.1) is 17.7 Å². The Morgan fingerprint density at radius 3 is 2.89 bits per heavy atom. The molecule has 0 saturated heterocycles. The molecule has 0 aliphatic rings. The van der Waals surface area contributed by atoms with Crippen LogP contribution in [0.1, 0.15) is 22.8 Å². The van der Waals surface area contributed by atoms with E-state index >= 15 is 0 Å². The van der Waals surface area contributed by atoms with Gasteiger partial charge in [0, 0.05) is 18.7 Å². The van der Waals surface area contributed by atoms with Crippen molar-refractivity contribution in [2.75, 3.05) is 20.3 Å². The lowest BCUT2D eigenvalue weighted by Gasteiger charge is -2.12. The fraction of sp³-hybridized carbons (Fsp3) is 0.357. The maximum absolute atomic E-state index is 13.6. The highest BCUT2D eigenvalue weighted by Crippen LogP contribution is 2.09. The first kappa shape index (κ1) is 15.2. The van der Waals surface area contributed by atoms with Gasteiger partial charge in [0.1, 0.15) is 12.4 Å². The summed E-state index contributed by atoms with van der Waals surface area (Å²) in [7, 11) is 1.54. The molecule has 5 heteroatoms. The molecule has 0 aliphatic heterocycles. The average molecular weight is 265 g/mol. The van der Waals surface area contributed by atoms with E-state index in [1.165, 1.54) is 19.2 Å². The van der Waals surface area contributed by atoms with Crippen LogP contribution in [-0.4, -0.2) is 37.4 Å². The lowest BCUT2D eigenvalue weighted by atomic mass is 10.1. The molecule has 0 aromatic heterocycles. The van der Waals surface area contributed by atoms with Gasteiger partial charge in [-0.1, -0.05) is 11.8 Å². The standard InChI is InChI=1S/C14H16FNO3/c1-10(9-19-2)16-14(18)12-6-5-11(4-3-7-17)13(15)8-12/h5-6,8,10,17H,7,9H2,1-2H3,(H,16,18). The van der Waals surface area contributed by atoms with Gasteiger partial charge < -0.3 is 15.2 Å². The van der Waals surface area contributed by atoms with Crippen LogP contribution >= 0.6 is 0 Å². The molecule has 102 valence electrons. The number of halogens is 1. The zero-order valence-corrected chi connectivity index (χ0v) is 10.9. The third-order valence-corrected chi connectivity index (χ3v) is 2.33. The SMILES string of the molecule is COCC(C)NC(=O)c1ccc(C#CCO)c(F)c1. The zero-order valence-electron chi connectivity index (χ0n) is 10.9. The first-order valence-corrected chi connectivity index (χ1v) is 5.77. The van der Waals surface area contributed by atoms with Gasteiger partial charge >= 0.3 is 0 Å². The van der Waals surface area contributed by atoms with Gasteiger partial charge in [-0.3, -0.25) is 4.79 Å². The molecule has 4 nitrogen and oxygen atoms in total. The highest BCUT2D eigenvalue weighted by atomic mass is 19.1. The van der Waals surface area contributed by atoms with E-state index in [-0.39, 0.29) is 29.7 Å². The van der Waals surface area contributed by atoms with Crippen LogP contribution in [0.5, 0.6) is 0 Å². The van der Waals surface area contributed by atoms with Gasteiger partial charge in [0.25, 0.3) is 5.91 Å². The molecule has 19 heavy (non-hydrogen) atoms. The van der Waals surface area contributed by atoms with Gasteiger partial charge in [0.05, 0.1) is 12.2 Å². The summed E-state index contributed by atoms with van der Waals surface area (Å²) in [6.45, 7) is 1.84. The molecule has 1 aromatic carbocycles. The van der Waals surface area contributed by atoms with E-state index in [0.717, 1.165) is 6.07 Å². The zero-order chi connectivity index (χ0) is 14.3. The highest BCUT2D eigenvalue weighted by Gasteiger charge is 2.11. The van der Waals surface area contributed by atoms with Gasteiger partial charge in [-0.05, 0) is 25.1 Å². The second kappa shape index (κ2) is 7.52. The Balaban J connectivity index is 2.80. The van der Waals surface area contributed by atoms with Crippen molar-refractivity contribution in [3.8, 4) is 11.8 Å². The molecule has 1 atom stereocenters. The predicted molar refractivity (Wildman–Crippen MR) is 69.2 cm³/mol. The number of carbonyl (C=O) groups is 1. The fourth-order valence-corrected chi connectivity index (χ4v) is 1.49. The molecule has 0 aliphatic carbocycles. The number of carbonyl (C=O) groups excluding carboxylic acids is 1. The second-order valence-electron chi connectivity index (χ2n) is 3.98. The van der Waals surface area contributed by atoms with Crippen LogP contribution in [0.25, 0.3) is 0 Å². The summed E-state index contributed by atoms with van der Waals surface area (Å²) < 4.78 is 18.5. The number of amides is 1. The van der Waals surface area contributed by atoms with Crippen molar-refractivity contribution in [2.45, 2.75) is 13.0 Å². The molecule has 0 bridgehead atoms. The maximum Gasteiger partial charge on any atom is 0.251 e. The average Bonchev–Trinajstić information content (AvgIpc) is 2.37. The first-order valence-electron chi connectivity index (χ1n) is 5.77. The van der Waals surface area contributed by atoms with Crippen LogP contribution in [-0.2, 0) is 4.74 Å². The van der Waals surface area contributed by atoms with Crippen LogP contribution in [0.3, 0.4) is 0 Å². The van der Waals surface area contributed by atoms with E-state index < -0.39 is 5.82 Å². The van der Waals surface area contributed by atoms with E-state index in [0.29, 0.717) is 6.61 Å². The molecule has 1 aromatic rings.